The monoisotopic (exact) mass is 145 g/mol. The van der Waals surface area contributed by atoms with Gasteiger partial charge in [-0.05, 0) is 25.0 Å². The highest BCUT2D eigenvalue weighted by molar-refractivity contribution is 8.02. The molecule has 0 saturated heterocycles. The Morgan fingerprint density at radius 2 is 2.00 bits per heavy atom. The summed E-state index contributed by atoms with van der Waals surface area (Å²) in [6.07, 6.45) is 1.22. The Bertz CT molecular complexity index is 59.6. The topological polar surface area (TPSA) is 0 Å². The number of thioether (sulfide) groups is 1. The van der Waals surface area contributed by atoms with Crippen LogP contribution < -0.4 is 0 Å². The predicted molar refractivity (Wildman–Crippen MR) is 46.5 cm³/mol. The van der Waals surface area contributed by atoms with Crippen LogP contribution in [0, 0.1) is 11.2 Å². The molecule has 0 aromatic heterocycles. The summed E-state index contributed by atoms with van der Waals surface area (Å²) in [6, 6.07) is 0. The third kappa shape index (κ3) is 6.23. The second kappa shape index (κ2) is 5.16. The zero-order chi connectivity index (χ0) is 7.28. The highest BCUT2D eigenvalue weighted by Crippen LogP contribution is 2.23. The maximum absolute atomic E-state index is 2.26. The molecule has 0 nitrogen and oxygen atoms in total. The van der Waals surface area contributed by atoms with Crippen LogP contribution in [0.2, 0.25) is 0 Å². The van der Waals surface area contributed by atoms with Crippen molar-refractivity contribution in [3.8, 4) is 0 Å². The largest absolute Gasteiger partial charge is 0.154 e. The molecule has 0 rings (SSSR count). The Morgan fingerprint density at radius 3 is 2.33 bits per heavy atom. The van der Waals surface area contributed by atoms with Crippen LogP contribution in [0.1, 0.15) is 34.1 Å². The predicted octanol–water partition coefficient (Wildman–Crippen LogP) is 3.34. The van der Waals surface area contributed by atoms with Crippen molar-refractivity contribution in [1.29, 1.82) is 0 Å². The molecule has 0 bridgehead atoms. The number of hydrogen-bond donors (Lipinski definition) is 0. The van der Waals surface area contributed by atoms with E-state index in [1.54, 1.807) is 5.25 Å². The van der Waals surface area contributed by atoms with E-state index in [1.165, 1.54) is 12.2 Å². The lowest BCUT2D eigenvalue weighted by Gasteiger charge is -2.08. The molecule has 0 N–H and O–H groups in total. The summed E-state index contributed by atoms with van der Waals surface area (Å²) in [6.45, 7) is 8.95. The molecule has 0 aromatic carbocycles. The van der Waals surface area contributed by atoms with Gasteiger partial charge < -0.3 is 0 Å². The van der Waals surface area contributed by atoms with Gasteiger partial charge in [-0.25, -0.2) is 0 Å². The van der Waals surface area contributed by atoms with Crippen molar-refractivity contribution in [3.63, 3.8) is 0 Å². The smallest absolute Gasteiger partial charge is 0.0273 e. The van der Waals surface area contributed by atoms with E-state index in [-0.39, 0.29) is 0 Å². The fraction of sp³-hybridized carbons (Fsp3) is 0.875. The maximum Gasteiger partial charge on any atom is 0.0273 e. The SMILES string of the molecule is CC[C](C)SCC(C)C. The summed E-state index contributed by atoms with van der Waals surface area (Å²) in [5.41, 5.74) is 0. The molecular weight excluding hydrogens is 128 g/mol. The van der Waals surface area contributed by atoms with Crippen LogP contribution >= 0.6 is 11.8 Å². The van der Waals surface area contributed by atoms with Gasteiger partial charge in [-0.15, -0.1) is 0 Å². The van der Waals surface area contributed by atoms with Gasteiger partial charge in [0.15, 0.2) is 0 Å². The molecule has 0 aliphatic heterocycles. The van der Waals surface area contributed by atoms with E-state index in [2.05, 4.69) is 27.7 Å². The van der Waals surface area contributed by atoms with Gasteiger partial charge in [-0.1, -0.05) is 20.8 Å². The summed E-state index contributed by atoms with van der Waals surface area (Å²) in [5.74, 6) is 2.11. The molecule has 0 spiro atoms. The van der Waals surface area contributed by atoms with Crippen molar-refractivity contribution < 1.29 is 0 Å². The second-order valence-electron chi connectivity index (χ2n) is 2.76. The number of rotatable bonds is 4. The fourth-order valence-electron chi connectivity index (χ4n) is 0.411. The molecule has 0 saturated carbocycles. The Balaban J connectivity index is 3.06. The zero-order valence-electron chi connectivity index (χ0n) is 6.90. The Morgan fingerprint density at radius 1 is 1.44 bits per heavy atom. The molecule has 0 aliphatic carbocycles. The lowest BCUT2D eigenvalue weighted by Crippen LogP contribution is -1.93. The minimum absolute atomic E-state index is 0.830. The molecule has 1 radical (unpaired) electrons. The highest BCUT2D eigenvalue weighted by Gasteiger charge is 2.00. The second-order valence-corrected chi connectivity index (χ2v) is 4.08. The standard InChI is InChI=1S/C8H17S/c1-5-8(4)9-6-7(2)3/h7H,5-6H2,1-4H3. The average Bonchev–Trinajstić information content (AvgIpc) is 1.83. The summed E-state index contributed by atoms with van der Waals surface area (Å²) in [5, 5.41) is 1.56. The normalized spacial score (nSPS) is 11.3. The van der Waals surface area contributed by atoms with Gasteiger partial charge >= 0.3 is 0 Å². The maximum atomic E-state index is 2.26. The van der Waals surface area contributed by atoms with E-state index in [9.17, 15) is 0 Å². The molecule has 9 heavy (non-hydrogen) atoms. The number of hydrogen-bond acceptors (Lipinski definition) is 1. The van der Waals surface area contributed by atoms with Crippen LogP contribution in [0.5, 0.6) is 0 Å². The van der Waals surface area contributed by atoms with Crippen LogP contribution in [-0.4, -0.2) is 5.75 Å². The Labute approximate surface area is 63.4 Å². The van der Waals surface area contributed by atoms with Crippen LogP contribution in [0.25, 0.3) is 0 Å². The van der Waals surface area contributed by atoms with Gasteiger partial charge in [-0.3, -0.25) is 0 Å². The molecule has 0 heterocycles. The molecule has 1 heteroatoms. The van der Waals surface area contributed by atoms with Gasteiger partial charge in [0.05, 0.1) is 0 Å². The first-order valence-corrected chi connectivity index (χ1v) is 4.60. The zero-order valence-corrected chi connectivity index (χ0v) is 7.72. The minimum Gasteiger partial charge on any atom is -0.154 e. The van der Waals surface area contributed by atoms with Gasteiger partial charge in [-0.2, -0.15) is 11.8 Å². The van der Waals surface area contributed by atoms with Crippen molar-refractivity contribution in [3.05, 3.63) is 5.25 Å². The van der Waals surface area contributed by atoms with E-state index in [1.807, 2.05) is 11.8 Å². The van der Waals surface area contributed by atoms with E-state index < -0.39 is 0 Å². The molecule has 0 amide bonds. The van der Waals surface area contributed by atoms with E-state index in [0.29, 0.717) is 0 Å². The van der Waals surface area contributed by atoms with Gasteiger partial charge in [0, 0.05) is 5.25 Å². The third-order valence-electron chi connectivity index (χ3n) is 1.16. The average molecular weight is 145 g/mol. The third-order valence-corrected chi connectivity index (χ3v) is 2.78. The van der Waals surface area contributed by atoms with Gasteiger partial charge in [0.25, 0.3) is 0 Å². The lowest BCUT2D eigenvalue weighted by atomic mass is 10.3. The lowest BCUT2D eigenvalue weighted by molar-refractivity contribution is 0.749. The molecular formula is C8H17S. The first-order valence-electron chi connectivity index (χ1n) is 3.62. The Kier molecular flexibility index (Phi) is 5.36. The van der Waals surface area contributed by atoms with Crippen molar-refractivity contribution in [2.24, 2.45) is 5.92 Å². The van der Waals surface area contributed by atoms with Crippen molar-refractivity contribution in [2.75, 3.05) is 5.75 Å². The molecule has 0 atom stereocenters. The van der Waals surface area contributed by atoms with Crippen molar-refractivity contribution in [2.45, 2.75) is 34.1 Å². The first kappa shape index (κ1) is 9.35. The molecule has 0 aliphatic rings. The van der Waals surface area contributed by atoms with Gasteiger partial charge in [0.2, 0.25) is 0 Å². The molecule has 0 aromatic rings. The molecule has 55 valence electrons. The van der Waals surface area contributed by atoms with Crippen LogP contribution in [-0.2, 0) is 0 Å². The van der Waals surface area contributed by atoms with E-state index >= 15 is 0 Å². The van der Waals surface area contributed by atoms with Crippen molar-refractivity contribution >= 4 is 11.8 Å². The minimum atomic E-state index is 0.830. The molecule has 0 fully saturated rings. The van der Waals surface area contributed by atoms with E-state index in [0.717, 1.165) is 5.92 Å². The first-order chi connectivity index (χ1) is 4.16. The summed E-state index contributed by atoms with van der Waals surface area (Å²) >= 11 is 2.00. The van der Waals surface area contributed by atoms with Gasteiger partial charge in [0.1, 0.15) is 0 Å². The quantitative estimate of drug-likeness (QED) is 0.584. The Hall–Kier alpha value is 0.350. The summed E-state index contributed by atoms with van der Waals surface area (Å²) < 4.78 is 0. The van der Waals surface area contributed by atoms with E-state index in [4.69, 9.17) is 0 Å². The highest BCUT2D eigenvalue weighted by atomic mass is 32.2. The summed E-state index contributed by atoms with van der Waals surface area (Å²) in [4.78, 5) is 0. The van der Waals surface area contributed by atoms with Crippen LogP contribution in [0.3, 0.4) is 0 Å². The summed E-state index contributed by atoms with van der Waals surface area (Å²) in [7, 11) is 0. The van der Waals surface area contributed by atoms with Crippen molar-refractivity contribution in [1.82, 2.24) is 0 Å². The van der Waals surface area contributed by atoms with Crippen LogP contribution in [0.15, 0.2) is 0 Å². The van der Waals surface area contributed by atoms with Crippen LogP contribution in [0.4, 0.5) is 0 Å². The fourth-order valence-corrected chi connectivity index (χ4v) is 1.23. The molecule has 0 unspecified atom stereocenters.